The number of primary amides is 1. The molecule has 1 rings (SSSR count). The number of amides is 2. The average molecular weight is 178 g/mol. The van der Waals surface area contributed by atoms with Gasteiger partial charge in [-0.3, -0.25) is 0 Å². The summed E-state index contributed by atoms with van der Waals surface area (Å²) in [5, 5.41) is 2.68. The molecule has 70 valence electrons. The normalized spacial score (nSPS) is 12.1. The number of nitrogens with one attached hydrogen (secondary N) is 1. The van der Waals surface area contributed by atoms with Crippen LogP contribution in [-0.4, -0.2) is 6.03 Å². The van der Waals surface area contributed by atoms with Crippen LogP contribution in [0.2, 0.25) is 0 Å². The third-order valence-corrected chi connectivity index (χ3v) is 1.93. The third-order valence-electron chi connectivity index (χ3n) is 1.93. The Labute approximate surface area is 77.9 Å². The molecular weight excluding hydrogens is 164 g/mol. The highest BCUT2D eigenvalue weighted by Gasteiger charge is 2.08. The minimum Gasteiger partial charge on any atom is -0.352 e. The Balaban J connectivity index is 2.73. The first-order valence-corrected chi connectivity index (χ1v) is 4.35. The first kappa shape index (κ1) is 9.58. The van der Waals surface area contributed by atoms with Crippen molar-refractivity contribution in [2.24, 2.45) is 5.73 Å². The first-order chi connectivity index (χ1) is 6.24. The smallest absolute Gasteiger partial charge is 0.312 e. The summed E-state index contributed by atoms with van der Waals surface area (Å²) < 4.78 is 0. The summed E-state index contributed by atoms with van der Waals surface area (Å²) in [4.78, 5) is 10.7. The molecule has 0 saturated heterocycles. The Kier molecular flexibility index (Phi) is 3.31. The Morgan fingerprint density at radius 2 is 2.08 bits per heavy atom. The van der Waals surface area contributed by atoms with Crippen molar-refractivity contribution in [2.45, 2.75) is 19.4 Å². The number of hydrogen-bond acceptors (Lipinski definition) is 1. The van der Waals surface area contributed by atoms with Gasteiger partial charge in [-0.1, -0.05) is 37.3 Å². The summed E-state index contributed by atoms with van der Waals surface area (Å²) in [5.74, 6) is 0. The molecule has 1 aromatic rings. The van der Waals surface area contributed by atoms with E-state index in [-0.39, 0.29) is 6.04 Å². The van der Waals surface area contributed by atoms with Gasteiger partial charge in [0.15, 0.2) is 0 Å². The molecule has 0 heterocycles. The Hall–Kier alpha value is -1.51. The van der Waals surface area contributed by atoms with Gasteiger partial charge in [0.2, 0.25) is 0 Å². The second kappa shape index (κ2) is 4.50. The number of carbonyl (C=O) groups is 1. The fraction of sp³-hybridized carbons (Fsp3) is 0.300. The van der Waals surface area contributed by atoms with E-state index in [2.05, 4.69) is 5.32 Å². The molecule has 3 heteroatoms. The molecule has 0 spiro atoms. The highest BCUT2D eigenvalue weighted by Crippen LogP contribution is 2.14. The summed E-state index contributed by atoms with van der Waals surface area (Å²) in [5.41, 5.74) is 6.14. The minimum absolute atomic E-state index is 0.0266. The van der Waals surface area contributed by atoms with Crippen molar-refractivity contribution in [1.82, 2.24) is 5.32 Å². The van der Waals surface area contributed by atoms with Crippen molar-refractivity contribution in [3.8, 4) is 0 Å². The second-order valence-electron chi connectivity index (χ2n) is 2.88. The second-order valence-corrected chi connectivity index (χ2v) is 2.88. The maximum absolute atomic E-state index is 10.7. The lowest BCUT2D eigenvalue weighted by Crippen LogP contribution is -2.32. The third kappa shape index (κ3) is 2.78. The zero-order valence-electron chi connectivity index (χ0n) is 7.66. The van der Waals surface area contributed by atoms with E-state index in [0.29, 0.717) is 0 Å². The van der Waals surface area contributed by atoms with Crippen LogP contribution in [-0.2, 0) is 0 Å². The molecule has 0 aliphatic carbocycles. The van der Waals surface area contributed by atoms with Gasteiger partial charge < -0.3 is 11.1 Å². The minimum atomic E-state index is -0.476. The molecule has 1 aromatic carbocycles. The van der Waals surface area contributed by atoms with Gasteiger partial charge in [0.1, 0.15) is 0 Å². The van der Waals surface area contributed by atoms with Crippen LogP contribution in [0, 0.1) is 0 Å². The fourth-order valence-corrected chi connectivity index (χ4v) is 1.28. The number of benzene rings is 1. The largest absolute Gasteiger partial charge is 0.352 e. The van der Waals surface area contributed by atoms with Crippen LogP contribution in [0.25, 0.3) is 0 Å². The van der Waals surface area contributed by atoms with E-state index < -0.39 is 6.03 Å². The van der Waals surface area contributed by atoms with Crippen LogP contribution < -0.4 is 11.1 Å². The lowest BCUT2D eigenvalue weighted by atomic mass is 10.1. The van der Waals surface area contributed by atoms with Gasteiger partial charge in [0.25, 0.3) is 0 Å². The molecule has 3 nitrogen and oxygen atoms in total. The number of hydrogen-bond donors (Lipinski definition) is 2. The van der Waals surface area contributed by atoms with Gasteiger partial charge in [-0.15, -0.1) is 0 Å². The maximum Gasteiger partial charge on any atom is 0.312 e. The highest BCUT2D eigenvalue weighted by atomic mass is 16.2. The van der Waals surface area contributed by atoms with Crippen LogP contribution in [0.1, 0.15) is 24.9 Å². The van der Waals surface area contributed by atoms with E-state index in [1.165, 1.54) is 0 Å². The number of carbonyl (C=O) groups excluding carboxylic acids is 1. The summed E-state index contributed by atoms with van der Waals surface area (Å²) >= 11 is 0. The van der Waals surface area contributed by atoms with Crippen LogP contribution >= 0.6 is 0 Å². The number of nitrogens with two attached hydrogens (primary N) is 1. The molecule has 0 bridgehead atoms. The van der Waals surface area contributed by atoms with Crippen molar-refractivity contribution in [1.29, 1.82) is 0 Å². The molecule has 0 saturated carbocycles. The molecule has 0 aliphatic heterocycles. The Bertz CT molecular complexity index is 272. The zero-order chi connectivity index (χ0) is 9.68. The van der Waals surface area contributed by atoms with Crippen LogP contribution in [0.4, 0.5) is 4.79 Å². The van der Waals surface area contributed by atoms with E-state index >= 15 is 0 Å². The molecule has 0 unspecified atom stereocenters. The monoisotopic (exact) mass is 178 g/mol. The molecule has 13 heavy (non-hydrogen) atoms. The van der Waals surface area contributed by atoms with Crippen molar-refractivity contribution in [3.63, 3.8) is 0 Å². The summed E-state index contributed by atoms with van der Waals surface area (Å²) in [6.07, 6.45) is 0.840. The van der Waals surface area contributed by atoms with Crippen LogP contribution in [0.5, 0.6) is 0 Å². The van der Waals surface area contributed by atoms with E-state index in [0.717, 1.165) is 12.0 Å². The molecule has 3 N–H and O–H groups in total. The van der Waals surface area contributed by atoms with Gasteiger partial charge >= 0.3 is 6.03 Å². The molecular formula is C10H14N2O. The lowest BCUT2D eigenvalue weighted by Gasteiger charge is -2.15. The van der Waals surface area contributed by atoms with Gasteiger partial charge in [-0.05, 0) is 12.0 Å². The van der Waals surface area contributed by atoms with Crippen molar-refractivity contribution < 1.29 is 4.79 Å². The zero-order valence-corrected chi connectivity index (χ0v) is 7.66. The van der Waals surface area contributed by atoms with Crippen molar-refractivity contribution in [2.75, 3.05) is 0 Å². The van der Waals surface area contributed by atoms with Crippen LogP contribution in [0.15, 0.2) is 30.3 Å². The van der Waals surface area contributed by atoms with E-state index in [4.69, 9.17) is 5.73 Å². The van der Waals surface area contributed by atoms with E-state index in [1.807, 2.05) is 37.3 Å². The van der Waals surface area contributed by atoms with Crippen LogP contribution in [0.3, 0.4) is 0 Å². The fourth-order valence-electron chi connectivity index (χ4n) is 1.28. The van der Waals surface area contributed by atoms with Crippen molar-refractivity contribution >= 4 is 6.03 Å². The SMILES string of the molecule is CC[C@@H](NC(N)=O)c1ccccc1. The van der Waals surface area contributed by atoms with Crippen molar-refractivity contribution in [3.05, 3.63) is 35.9 Å². The summed E-state index contributed by atoms with van der Waals surface area (Å²) in [6.45, 7) is 2.01. The predicted octanol–water partition coefficient (Wildman–Crippen LogP) is 1.81. The molecule has 0 radical (unpaired) electrons. The van der Waals surface area contributed by atoms with Gasteiger partial charge in [0.05, 0.1) is 6.04 Å². The first-order valence-electron chi connectivity index (χ1n) is 4.35. The number of rotatable bonds is 3. The van der Waals surface area contributed by atoms with Gasteiger partial charge in [-0.25, -0.2) is 4.79 Å². The number of urea groups is 1. The van der Waals surface area contributed by atoms with E-state index in [1.54, 1.807) is 0 Å². The quantitative estimate of drug-likeness (QED) is 0.728. The molecule has 2 amide bonds. The Morgan fingerprint density at radius 3 is 2.54 bits per heavy atom. The van der Waals surface area contributed by atoms with E-state index in [9.17, 15) is 4.79 Å². The summed E-state index contributed by atoms with van der Waals surface area (Å²) in [7, 11) is 0. The molecule has 0 aromatic heterocycles. The summed E-state index contributed by atoms with van der Waals surface area (Å²) in [6, 6.07) is 9.34. The lowest BCUT2D eigenvalue weighted by molar-refractivity contribution is 0.245. The standard InChI is InChI=1S/C10H14N2O/c1-2-9(12-10(11)13)8-6-4-3-5-7-8/h3-7,9H,2H2,1H3,(H3,11,12,13)/t9-/m1/s1. The molecule has 0 fully saturated rings. The predicted molar refractivity (Wildman–Crippen MR) is 52.2 cm³/mol. The molecule has 0 aliphatic rings. The Morgan fingerprint density at radius 1 is 1.46 bits per heavy atom. The maximum atomic E-state index is 10.7. The molecule has 1 atom stereocenters. The average Bonchev–Trinajstić information content (AvgIpc) is 2.15. The topological polar surface area (TPSA) is 55.1 Å². The van der Waals surface area contributed by atoms with Gasteiger partial charge in [-0.2, -0.15) is 0 Å². The van der Waals surface area contributed by atoms with Gasteiger partial charge in [0, 0.05) is 0 Å². The highest BCUT2D eigenvalue weighted by molar-refractivity contribution is 5.72.